The monoisotopic (exact) mass is 387 g/mol. The molecule has 8 heteroatoms. The van der Waals surface area contributed by atoms with Crippen LogP contribution in [0.25, 0.3) is 4.96 Å². The SMILES string of the molecule is O=c1cc(CSc2nnc3n2CCCCC3)nc2sc3c(n12)CCCC3. The van der Waals surface area contributed by atoms with Crippen LogP contribution in [-0.2, 0) is 31.6 Å². The van der Waals surface area contributed by atoms with Crippen LogP contribution >= 0.6 is 23.1 Å². The molecule has 3 aromatic rings. The highest BCUT2D eigenvalue weighted by Crippen LogP contribution is 2.29. The highest BCUT2D eigenvalue weighted by atomic mass is 32.2. The maximum Gasteiger partial charge on any atom is 0.259 e. The number of rotatable bonds is 3. The van der Waals surface area contributed by atoms with Crippen molar-refractivity contribution in [3.05, 3.63) is 38.5 Å². The summed E-state index contributed by atoms with van der Waals surface area (Å²) in [4.78, 5) is 19.6. The number of hydrogen-bond acceptors (Lipinski definition) is 6. The smallest absolute Gasteiger partial charge is 0.259 e. The van der Waals surface area contributed by atoms with Crippen LogP contribution in [0, 0.1) is 0 Å². The minimum absolute atomic E-state index is 0.0603. The van der Waals surface area contributed by atoms with E-state index in [1.807, 2.05) is 4.40 Å². The van der Waals surface area contributed by atoms with Crippen LogP contribution in [-0.4, -0.2) is 24.1 Å². The lowest BCUT2D eigenvalue weighted by atomic mass is 10.0. The average molecular weight is 388 g/mol. The van der Waals surface area contributed by atoms with Crippen molar-refractivity contribution >= 4 is 28.1 Å². The molecule has 5 rings (SSSR count). The number of aryl methyl sites for hydroxylation is 3. The second-order valence-corrected chi connectivity index (χ2v) is 9.04. The van der Waals surface area contributed by atoms with E-state index in [0.29, 0.717) is 5.75 Å². The van der Waals surface area contributed by atoms with Crippen molar-refractivity contribution in [1.29, 1.82) is 0 Å². The Morgan fingerprint density at radius 2 is 1.96 bits per heavy atom. The molecule has 0 aromatic carbocycles. The van der Waals surface area contributed by atoms with Gasteiger partial charge in [0.15, 0.2) is 10.1 Å². The van der Waals surface area contributed by atoms with Gasteiger partial charge in [0.25, 0.3) is 5.56 Å². The molecule has 136 valence electrons. The van der Waals surface area contributed by atoms with Gasteiger partial charge in [-0.15, -0.1) is 21.5 Å². The van der Waals surface area contributed by atoms with Gasteiger partial charge in [-0.05, 0) is 38.5 Å². The van der Waals surface area contributed by atoms with Gasteiger partial charge >= 0.3 is 0 Å². The lowest BCUT2D eigenvalue weighted by Gasteiger charge is -2.10. The van der Waals surface area contributed by atoms with E-state index in [4.69, 9.17) is 4.98 Å². The molecule has 0 unspecified atom stereocenters. The number of aromatic nitrogens is 5. The number of thioether (sulfide) groups is 1. The van der Waals surface area contributed by atoms with Crippen LogP contribution < -0.4 is 5.56 Å². The first-order chi connectivity index (χ1) is 12.8. The molecule has 1 aliphatic heterocycles. The van der Waals surface area contributed by atoms with E-state index >= 15 is 0 Å². The van der Waals surface area contributed by atoms with E-state index in [0.717, 1.165) is 47.4 Å². The van der Waals surface area contributed by atoms with Gasteiger partial charge in [0, 0.05) is 35.4 Å². The Balaban J connectivity index is 1.42. The normalized spacial score (nSPS) is 17.1. The fourth-order valence-corrected chi connectivity index (χ4v) is 6.03. The van der Waals surface area contributed by atoms with Gasteiger partial charge < -0.3 is 4.57 Å². The van der Waals surface area contributed by atoms with Crippen molar-refractivity contribution in [2.24, 2.45) is 0 Å². The van der Waals surface area contributed by atoms with Crippen LogP contribution in [0.5, 0.6) is 0 Å². The third-order valence-electron chi connectivity index (χ3n) is 5.24. The Morgan fingerprint density at radius 1 is 1.08 bits per heavy atom. The van der Waals surface area contributed by atoms with Gasteiger partial charge in [-0.3, -0.25) is 9.20 Å². The Morgan fingerprint density at radius 3 is 2.92 bits per heavy atom. The fraction of sp³-hybridized carbons (Fsp3) is 0.556. The molecule has 26 heavy (non-hydrogen) atoms. The predicted molar refractivity (Wildman–Crippen MR) is 103 cm³/mol. The lowest BCUT2D eigenvalue weighted by Crippen LogP contribution is -2.17. The van der Waals surface area contributed by atoms with Crippen LogP contribution in [0.1, 0.15) is 54.2 Å². The molecule has 1 aliphatic carbocycles. The number of hydrogen-bond donors (Lipinski definition) is 0. The molecule has 0 saturated heterocycles. The summed E-state index contributed by atoms with van der Waals surface area (Å²) in [5, 5.41) is 9.66. The van der Waals surface area contributed by atoms with Gasteiger partial charge in [0.05, 0.1) is 5.69 Å². The van der Waals surface area contributed by atoms with Gasteiger partial charge in [-0.2, -0.15) is 0 Å². The van der Waals surface area contributed by atoms with Crippen molar-refractivity contribution in [3.63, 3.8) is 0 Å². The maximum absolute atomic E-state index is 12.7. The quantitative estimate of drug-likeness (QED) is 0.646. The zero-order chi connectivity index (χ0) is 17.5. The van der Waals surface area contributed by atoms with Gasteiger partial charge in [-0.1, -0.05) is 18.2 Å². The average Bonchev–Trinajstić information content (AvgIpc) is 3.12. The Labute approximate surface area is 159 Å². The van der Waals surface area contributed by atoms with E-state index in [2.05, 4.69) is 14.8 Å². The Kier molecular flexibility index (Phi) is 4.32. The van der Waals surface area contributed by atoms with Gasteiger partial charge in [0.1, 0.15) is 5.82 Å². The molecule has 4 heterocycles. The third-order valence-corrected chi connectivity index (χ3v) is 7.38. The van der Waals surface area contributed by atoms with E-state index < -0.39 is 0 Å². The highest BCUT2D eigenvalue weighted by molar-refractivity contribution is 7.98. The molecule has 2 aliphatic rings. The molecule has 0 fully saturated rings. The van der Waals surface area contributed by atoms with Crippen molar-refractivity contribution in [3.8, 4) is 0 Å². The Hall–Kier alpha value is -1.67. The molecule has 0 radical (unpaired) electrons. The van der Waals surface area contributed by atoms with E-state index in [1.165, 1.54) is 42.7 Å². The first-order valence-corrected chi connectivity index (χ1v) is 11.2. The molecule has 0 spiro atoms. The van der Waals surface area contributed by atoms with Crippen LogP contribution in [0.3, 0.4) is 0 Å². The minimum atomic E-state index is 0.0603. The summed E-state index contributed by atoms with van der Waals surface area (Å²) in [5.41, 5.74) is 2.09. The molecule has 3 aromatic heterocycles. The highest BCUT2D eigenvalue weighted by Gasteiger charge is 2.19. The van der Waals surface area contributed by atoms with Crippen molar-refractivity contribution in [2.75, 3.05) is 0 Å². The van der Waals surface area contributed by atoms with Crippen LogP contribution in [0.2, 0.25) is 0 Å². The second-order valence-electron chi connectivity index (χ2n) is 7.03. The molecular formula is C18H21N5OS2. The number of nitrogens with zero attached hydrogens (tertiary/aromatic N) is 5. The van der Waals surface area contributed by atoms with Crippen molar-refractivity contribution < 1.29 is 0 Å². The van der Waals surface area contributed by atoms with Crippen molar-refractivity contribution in [1.82, 2.24) is 24.1 Å². The largest absolute Gasteiger partial charge is 0.306 e. The molecule has 0 atom stereocenters. The molecule has 0 saturated carbocycles. The first kappa shape index (κ1) is 16.5. The fourth-order valence-electron chi connectivity index (χ4n) is 3.92. The molecular weight excluding hydrogens is 366 g/mol. The van der Waals surface area contributed by atoms with E-state index in [1.54, 1.807) is 29.2 Å². The molecule has 0 amide bonds. The summed E-state index contributed by atoms with van der Waals surface area (Å²) in [5.74, 6) is 1.76. The summed E-state index contributed by atoms with van der Waals surface area (Å²) >= 11 is 3.33. The summed E-state index contributed by atoms with van der Waals surface area (Å²) < 4.78 is 4.07. The zero-order valence-electron chi connectivity index (χ0n) is 14.6. The summed E-state index contributed by atoms with van der Waals surface area (Å²) in [7, 11) is 0. The number of thiazole rings is 1. The number of fused-ring (bicyclic) bond motifs is 4. The van der Waals surface area contributed by atoms with E-state index in [-0.39, 0.29) is 5.56 Å². The summed E-state index contributed by atoms with van der Waals surface area (Å²) in [6.45, 7) is 0.997. The molecule has 0 bridgehead atoms. The van der Waals surface area contributed by atoms with Crippen molar-refractivity contribution in [2.45, 2.75) is 68.8 Å². The summed E-state index contributed by atoms with van der Waals surface area (Å²) in [6, 6.07) is 1.70. The standard InChI is InChI=1S/C18H21N5OS2/c24-16-10-12(19-17-23(16)13-6-3-4-7-14(13)26-17)11-25-18-21-20-15-8-2-1-5-9-22(15)18/h10H,1-9,11H2. The minimum Gasteiger partial charge on any atom is -0.306 e. The molecule has 0 N–H and O–H groups in total. The third kappa shape index (κ3) is 2.89. The first-order valence-electron chi connectivity index (χ1n) is 9.38. The van der Waals surface area contributed by atoms with Crippen LogP contribution in [0.15, 0.2) is 16.0 Å². The van der Waals surface area contributed by atoms with E-state index in [9.17, 15) is 4.79 Å². The maximum atomic E-state index is 12.7. The second kappa shape index (κ2) is 6.81. The van der Waals surface area contributed by atoms with Gasteiger partial charge in [-0.25, -0.2) is 4.98 Å². The zero-order valence-corrected chi connectivity index (χ0v) is 16.2. The Bertz CT molecular complexity index is 1020. The van der Waals surface area contributed by atoms with Crippen LogP contribution in [0.4, 0.5) is 0 Å². The van der Waals surface area contributed by atoms with Gasteiger partial charge in [0.2, 0.25) is 0 Å². The topological polar surface area (TPSA) is 65.1 Å². The predicted octanol–water partition coefficient (Wildman–Crippen LogP) is 3.25. The summed E-state index contributed by atoms with van der Waals surface area (Å²) in [6.07, 6.45) is 9.11. The lowest BCUT2D eigenvalue weighted by molar-refractivity contribution is 0.591. The molecule has 6 nitrogen and oxygen atoms in total.